The summed E-state index contributed by atoms with van der Waals surface area (Å²) < 4.78 is 0. The maximum absolute atomic E-state index is 11.3. The molecule has 0 rings (SSSR count). The van der Waals surface area contributed by atoms with Gasteiger partial charge in [0.25, 0.3) is 0 Å². The van der Waals surface area contributed by atoms with E-state index in [1.807, 2.05) is 0 Å². The third-order valence-electron chi connectivity index (χ3n) is 7.88. The highest BCUT2D eigenvalue weighted by Crippen LogP contribution is 2.14. The lowest BCUT2D eigenvalue weighted by molar-refractivity contribution is -0.122. The van der Waals surface area contributed by atoms with Gasteiger partial charge in [0.2, 0.25) is 11.8 Å². The molecule has 6 heteroatoms. The molecule has 0 unspecified atom stereocenters. The number of carbonyl (C=O) groups is 2. The molecule has 42 heavy (non-hydrogen) atoms. The van der Waals surface area contributed by atoms with Gasteiger partial charge in [-0.3, -0.25) is 9.59 Å². The van der Waals surface area contributed by atoms with E-state index in [9.17, 15) is 9.59 Å². The van der Waals surface area contributed by atoms with Crippen molar-refractivity contribution in [1.82, 2.24) is 10.6 Å². The van der Waals surface area contributed by atoms with Crippen molar-refractivity contribution in [1.29, 1.82) is 0 Å². The number of hydrogen-bond acceptors (Lipinski definition) is 4. The van der Waals surface area contributed by atoms with Crippen LogP contribution in [0.1, 0.15) is 194 Å². The van der Waals surface area contributed by atoms with Crippen molar-refractivity contribution < 1.29 is 19.8 Å². The van der Waals surface area contributed by atoms with E-state index >= 15 is 0 Å². The second-order valence-corrected chi connectivity index (χ2v) is 12.1. The van der Waals surface area contributed by atoms with Gasteiger partial charge in [0.15, 0.2) is 0 Å². The van der Waals surface area contributed by atoms with Crippen LogP contribution in [0.5, 0.6) is 0 Å². The number of nitrogens with one attached hydrogen (secondary N) is 2. The Bertz CT molecular complexity index is 485. The van der Waals surface area contributed by atoms with Crippen molar-refractivity contribution in [2.24, 2.45) is 0 Å². The van der Waals surface area contributed by atoms with Gasteiger partial charge in [-0.1, -0.05) is 168 Å². The van der Waals surface area contributed by atoms with Crippen LogP contribution in [-0.4, -0.2) is 48.3 Å². The highest BCUT2D eigenvalue weighted by Gasteiger charge is 2.01. The zero-order chi connectivity index (χ0) is 31.2. The van der Waals surface area contributed by atoms with Gasteiger partial charge < -0.3 is 20.8 Å². The largest absolute Gasteiger partial charge is 0.395 e. The Balaban J connectivity index is 0. The molecule has 0 spiro atoms. The minimum atomic E-state index is 0.0321. The number of amides is 2. The topological polar surface area (TPSA) is 98.7 Å². The van der Waals surface area contributed by atoms with Crippen molar-refractivity contribution in [2.75, 3.05) is 26.3 Å². The molecule has 0 saturated heterocycles. The van der Waals surface area contributed by atoms with Gasteiger partial charge in [0.05, 0.1) is 13.2 Å². The van der Waals surface area contributed by atoms with Crippen molar-refractivity contribution in [3.8, 4) is 0 Å². The van der Waals surface area contributed by atoms with E-state index in [0.717, 1.165) is 25.7 Å². The Hall–Kier alpha value is -1.14. The van der Waals surface area contributed by atoms with E-state index in [-0.39, 0.29) is 25.0 Å². The van der Waals surface area contributed by atoms with Crippen LogP contribution in [0.4, 0.5) is 0 Å². The third-order valence-corrected chi connectivity index (χ3v) is 7.88. The number of aliphatic hydroxyl groups excluding tert-OH is 2. The Morgan fingerprint density at radius 1 is 0.381 bits per heavy atom. The van der Waals surface area contributed by atoms with Crippen LogP contribution in [-0.2, 0) is 9.59 Å². The summed E-state index contributed by atoms with van der Waals surface area (Å²) in [5, 5.41) is 22.5. The van der Waals surface area contributed by atoms with Crippen molar-refractivity contribution in [2.45, 2.75) is 194 Å². The number of aliphatic hydroxyl groups is 2. The predicted octanol–water partition coefficient (Wildman–Crippen LogP) is 9.15. The zero-order valence-electron chi connectivity index (χ0n) is 28.3. The molecule has 0 aliphatic heterocycles. The summed E-state index contributed by atoms with van der Waals surface area (Å²) in [7, 11) is 0. The lowest BCUT2D eigenvalue weighted by Crippen LogP contribution is -2.25. The number of carbonyl (C=O) groups excluding carboxylic acids is 2. The van der Waals surface area contributed by atoms with Crippen LogP contribution in [0.2, 0.25) is 0 Å². The second kappa shape index (κ2) is 39.9. The summed E-state index contributed by atoms with van der Waals surface area (Å²) in [6, 6.07) is 0. The molecule has 0 saturated carbocycles. The highest BCUT2D eigenvalue weighted by atomic mass is 16.3. The minimum absolute atomic E-state index is 0.0321. The van der Waals surface area contributed by atoms with Gasteiger partial charge in [-0.05, 0) is 12.8 Å². The first-order valence-electron chi connectivity index (χ1n) is 18.4. The summed E-state index contributed by atoms with van der Waals surface area (Å²) in [4.78, 5) is 22.6. The van der Waals surface area contributed by atoms with E-state index < -0.39 is 0 Å². The third kappa shape index (κ3) is 41.0. The molecule has 2 amide bonds. The maximum atomic E-state index is 11.3. The molecule has 0 bridgehead atoms. The average Bonchev–Trinajstić information content (AvgIpc) is 3.00. The van der Waals surface area contributed by atoms with Gasteiger partial charge in [0.1, 0.15) is 0 Å². The number of unbranched alkanes of at least 4 members (excludes halogenated alkanes) is 24. The Kier molecular flexibility index (Phi) is 40.8. The average molecular weight is 599 g/mol. The standard InChI is InChI=1S/2C18H37NO2/c2*1-2-3-4-5-6-7-8-9-10-11-12-13-14-15-18(21)19-16-17-20/h2*20H,2-17H2,1H3,(H,19,21). The van der Waals surface area contributed by atoms with Crippen LogP contribution >= 0.6 is 0 Å². The molecule has 0 heterocycles. The first-order valence-corrected chi connectivity index (χ1v) is 18.4. The second-order valence-electron chi connectivity index (χ2n) is 12.1. The fourth-order valence-corrected chi connectivity index (χ4v) is 5.17. The number of hydrogen-bond donors (Lipinski definition) is 4. The van der Waals surface area contributed by atoms with E-state index in [1.54, 1.807) is 0 Å². The summed E-state index contributed by atoms with van der Waals surface area (Å²) >= 11 is 0. The van der Waals surface area contributed by atoms with E-state index in [2.05, 4.69) is 24.5 Å². The normalized spacial score (nSPS) is 10.8. The SMILES string of the molecule is CCCCCCCCCCCCCCCC(=O)NCCO.CCCCCCCCCCCCCCCC(=O)NCCO. The smallest absolute Gasteiger partial charge is 0.220 e. The molecule has 0 aliphatic carbocycles. The minimum Gasteiger partial charge on any atom is -0.395 e. The molecular weight excluding hydrogens is 524 g/mol. The van der Waals surface area contributed by atoms with Crippen molar-refractivity contribution in [3.63, 3.8) is 0 Å². The molecule has 0 atom stereocenters. The fourth-order valence-electron chi connectivity index (χ4n) is 5.17. The fraction of sp³-hybridized carbons (Fsp3) is 0.944. The van der Waals surface area contributed by atoms with Crippen molar-refractivity contribution in [3.05, 3.63) is 0 Å². The lowest BCUT2D eigenvalue weighted by Gasteiger charge is -2.04. The molecule has 4 N–H and O–H groups in total. The molecular formula is C36H74N2O4. The summed E-state index contributed by atoms with van der Waals surface area (Å²) in [5.74, 6) is 0.152. The Labute approximate surface area is 262 Å². The predicted molar refractivity (Wildman–Crippen MR) is 181 cm³/mol. The Morgan fingerprint density at radius 3 is 0.810 bits per heavy atom. The first-order chi connectivity index (χ1) is 20.6. The maximum Gasteiger partial charge on any atom is 0.220 e. The van der Waals surface area contributed by atoms with Gasteiger partial charge in [-0.25, -0.2) is 0 Å². The van der Waals surface area contributed by atoms with E-state index in [4.69, 9.17) is 10.2 Å². The van der Waals surface area contributed by atoms with Crippen LogP contribution in [0.25, 0.3) is 0 Å². The van der Waals surface area contributed by atoms with Crippen LogP contribution in [0.15, 0.2) is 0 Å². The molecule has 0 fully saturated rings. The first kappa shape index (κ1) is 43.0. The summed E-state index contributed by atoms with van der Waals surface area (Å²) in [5.41, 5.74) is 0. The van der Waals surface area contributed by atoms with Gasteiger partial charge in [-0.2, -0.15) is 0 Å². The summed E-state index contributed by atoms with van der Waals surface area (Å²) in [6.45, 7) is 5.37. The van der Waals surface area contributed by atoms with Crippen LogP contribution in [0, 0.1) is 0 Å². The molecule has 0 aromatic heterocycles. The number of rotatable bonds is 32. The van der Waals surface area contributed by atoms with Gasteiger partial charge in [-0.15, -0.1) is 0 Å². The summed E-state index contributed by atoms with van der Waals surface area (Å²) in [6.07, 6.45) is 35.7. The monoisotopic (exact) mass is 599 g/mol. The quantitative estimate of drug-likeness (QED) is 0.0580. The van der Waals surface area contributed by atoms with Gasteiger partial charge >= 0.3 is 0 Å². The molecule has 6 nitrogen and oxygen atoms in total. The highest BCUT2D eigenvalue weighted by molar-refractivity contribution is 5.76. The van der Waals surface area contributed by atoms with E-state index in [0.29, 0.717) is 25.9 Å². The van der Waals surface area contributed by atoms with Crippen LogP contribution in [0.3, 0.4) is 0 Å². The zero-order valence-corrected chi connectivity index (χ0v) is 28.3. The van der Waals surface area contributed by atoms with Crippen molar-refractivity contribution >= 4 is 11.8 Å². The molecule has 0 aromatic carbocycles. The van der Waals surface area contributed by atoms with Gasteiger partial charge in [0, 0.05) is 25.9 Å². The molecule has 0 aliphatic rings. The van der Waals surface area contributed by atoms with E-state index in [1.165, 1.54) is 141 Å². The molecule has 0 aromatic rings. The van der Waals surface area contributed by atoms with Crippen LogP contribution < -0.4 is 10.6 Å². The molecule has 0 radical (unpaired) electrons. The molecule has 252 valence electrons. The lowest BCUT2D eigenvalue weighted by atomic mass is 10.0. The Morgan fingerprint density at radius 2 is 0.595 bits per heavy atom.